The summed E-state index contributed by atoms with van der Waals surface area (Å²) in [6.07, 6.45) is 2.38. The fraction of sp³-hybridized carbons (Fsp3) is 0.400. The number of unbranched alkanes of at least 4 members (excludes halogenated alkanes) is 1. The molecule has 0 saturated carbocycles. The first-order chi connectivity index (χ1) is 16.9. The van der Waals surface area contributed by atoms with Crippen LogP contribution in [0.15, 0.2) is 29.3 Å². The number of rotatable bonds is 9. The van der Waals surface area contributed by atoms with Gasteiger partial charge < -0.3 is 10.6 Å². The van der Waals surface area contributed by atoms with Gasteiger partial charge in [0.15, 0.2) is 5.82 Å². The van der Waals surface area contributed by atoms with Crippen molar-refractivity contribution in [2.24, 2.45) is 4.99 Å². The number of thiophene rings is 1. The Labute approximate surface area is 214 Å². The quantitative estimate of drug-likeness (QED) is 0.423. The Morgan fingerprint density at radius 3 is 2.66 bits per heavy atom. The number of carbonyl (C=O) groups is 1. The van der Waals surface area contributed by atoms with E-state index in [1.54, 1.807) is 11.3 Å². The maximum atomic E-state index is 12.9. The molecule has 0 fully saturated rings. The molecule has 0 bridgehead atoms. The molecule has 1 atom stereocenters. The predicted octanol–water partition coefficient (Wildman–Crippen LogP) is 4.06. The molecule has 2 N–H and O–H groups in total. The molecule has 4 rings (SSSR count). The molecule has 10 heteroatoms. The number of hydrogen-bond donors (Lipinski definition) is 2. The molecule has 1 aliphatic rings. The number of hydrogen-bond acceptors (Lipinski definition) is 7. The Morgan fingerprint density at radius 2 is 1.94 bits per heavy atom. The van der Waals surface area contributed by atoms with E-state index in [1.165, 1.54) is 0 Å². The number of fused-ring (bicyclic) bond motifs is 3. The van der Waals surface area contributed by atoms with Crippen LogP contribution >= 0.6 is 22.9 Å². The molecular weight excluding hydrogens is 482 g/mol. The zero-order valence-corrected chi connectivity index (χ0v) is 21.6. The topological polar surface area (TPSA) is 108 Å². The average Bonchev–Trinajstić information content (AvgIpc) is 3.32. The van der Waals surface area contributed by atoms with Crippen molar-refractivity contribution in [1.82, 2.24) is 25.4 Å². The van der Waals surface area contributed by atoms with Gasteiger partial charge in [0.25, 0.3) is 0 Å². The van der Waals surface area contributed by atoms with Crippen molar-refractivity contribution in [3.8, 4) is 11.1 Å². The zero-order chi connectivity index (χ0) is 24.9. The number of amides is 1. The standard InChI is InChI=1S/C25H28ClN7OS/c1-15-20(10-11-27)35-25-22(15)23(17-6-8-18(26)9-7-17)30-19(24-32-31-16(2)33(24)25)14-21(34)29-13-5-4-12-28-3/h6-9,19,28H,4-5,10,12-14H2,1-3H3,(H,29,34)/t19-/m0/s1. The van der Waals surface area contributed by atoms with Gasteiger partial charge in [-0.15, -0.1) is 21.5 Å². The van der Waals surface area contributed by atoms with Gasteiger partial charge in [-0.2, -0.15) is 5.26 Å². The molecule has 2 aromatic heterocycles. The van der Waals surface area contributed by atoms with E-state index in [0.29, 0.717) is 23.8 Å². The molecule has 0 saturated heterocycles. The Bertz CT molecular complexity index is 1290. The summed E-state index contributed by atoms with van der Waals surface area (Å²) in [6.45, 7) is 5.46. The third-order valence-corrected chi connectivity index (χ3v) is 7.54. The van der Waals surface area contributed by atoms with Crippen LogP contribution in [0.5, 0.6) is 0 Å². The second-order valence-electron chi connectivity index (χ2n) is 8.47. The van der Waals surface area contributed by atoms with E-state index in [9.17, 15) is 10.1 Å². The van der Waals surface area contributed by atoms with Crippen LogP contribution in [0.2, 0.25) is 5.02 Å². The summed E-state index contributed by atoms with van der Waals surface area (Å²) < 4.78 is 1.99. The Morgan fingerprint density at radius 1 is 1.20 bits per heavy atom. The van der Waals surface area contributed by atoms with Gasteiger partial charge in [-0.25, -0.2) is 0 Å². The van der Waals surface area contributed by atoms with E-state index in [4.69, 9.17) is 16.6 Å². The lowest BCUT2D eigenvalue weighted by Crippen LogP contribution is -2.27. The van der Waals surface area contributed by atoms with Gasteiger partial charge in [0.1, 0.15) is 16.9 Å². The summed E-state index contributed by atoms with van der Waals surface area (Å²) in [5.74, 6) is 1.27. The number of benzene rings is 1. The van der Waals surface area contributed by atoms with Crippen molar-refractivity contribution >= 4 is 34.6 Å². The number of nitriles is 1. The molecule has 182 valence electrons. The highest BCUT2D eigenvalue weighted by atomic mass is 35.5. The lowest BCUT2D eigenvalue weighted by Gasteiger charge is -2.13. The van der Waals surface area contributed by atoms with Gasteiger partial charge in [-0.3, -0.25) is 14.4 Å². The highest BCUT2D eigenvalue weighted by Crippen LogP contribution is 2.40. The number of nitrogens with zero attached hydrogens (tertiary/aromatic N) is 5. The van der Waals surface area contributed by atoms with Gasteiger partial charge >= 0.3 is 0 Å². The SMILES string of the molecule is CNCCCCNC(=O)C[C@@H]1N=C(c2ccc(Cl)cc2)c2c(sc(CC#N)c2C)-n2c(C)nnc21. The summed E-state index contributed by atoms with van der Waals surface area (Å²) in [6, 6.07) is 9.30. The monoisotopic (exact) mass is 509 g/mol. The van der Waals surface area contributed by atoms with Crippen LogP contribution in [0, 0.1) is 25.2 Å². The minimum absolute atomic E-state index is 0.0713. The Balaban J connectivity index is 1.77. The van der Waals surface area contributed by atoms with Crippen molar-refractivity contribution in [2.45, 2.75) is 45.6 Å². The van der Waals surface area contributed by atoms with Gasteiger partial charge in [-0.1, -0.05) is 23.7 Å². The second-order valence-corrected chi connectivity index (χ2v) is 9.99. The molecule has 0 radical (unpaired) electrons. The first kappa shape index (κ1) is 25.0. The summed E-state index contributed by atoms with van der Waals surface area (Å²) in [5.41, 5.74) is 3.62. The van der Waals surface area contributed by atoms with E-state index < -0.39 is 6.04 Å². The minimum atomic E-state index is -0.502. The molecule has 8 nitrogen and oxygen atoms in total. The van der Waals surface area contributed by atoms with Crippen LogP contribution in [-0.4, -0.2) is 46.5 Å². The van der Waals surface area contributed by atoms with Gasteiger partial charge in [0.2, 0.25) is 5.91 Å². The minimum Gasteiger partial charge on any atom is -0.356 e. The van der Waals surface area contributed by atoms with Crippen molar-refractivity contribution in [3.63, 3.8) is 0 Å². The summed E-state index contributed by atoms with van der Waals surface area (Å²) in [5, 5.41) is 25.8. The van der Waals surface area contributed by atoms with Gasteiger partial charge in [0.05, 0.1) is 24.6 Å². The highest BCUT2D eigenvalue weighted by Gasteiger charge is 2.32. The maximum absolute atomic E-state index is 12.9. The molecule has 0 spiro atoms. The Hall–Kier alpha value is -3.06. The number of aliphatic imine (C=N–C) groups is 1. The number of aromatic nitrogens is 3. The van der Waals surface area contributed by atoms with Crippen LogP contribution in [0.1, 0.15) is 58.5 Å². The third kappa shape index (κ3) is 5.30. The second kappa shape index (κ2) is 11.1. The van der Waals surface area contributed by atoms with E-state index in [2.05, 4.69) is 26.9 Å². The van der Waals surface area contributed by atoms with Gasteiger partial charge in [0, 0.05) is 27.6 Å². The van der Waals surface area contributed by atoms with Crippen LogP contribution in [0.3, 0.4) is 0 Å². The maximum Gasteiger partial charge on any atom is 0.222 e. The van der Waals surface area contributed by atoms with Gasteiger partial charge in [-0.05, 0) is 58.0 Å². The highest BCUT2D eigenvalue weighted by molar-refractivity contribution is 7.15. The van der Waals surface area contributed by atoms with Crippen molar-refractivity contribution in [3.05, 3.63) is 62.5 Å². The van der Waals surface area contributed by atoms with Crippen molar-refractivity contribution < 1.29 is 4.79 Å². The lowest BCUT2D eigenvalue weighted by molar-refractivity contribution is -0.121. The van der Waals surface area contributed by atoms with Crippen molar-refractivity contribution in [2.75, 3.05) is 20.1 Å². The number of carbonyl (C=O) groups excluding carboxylic acids is 1. The lowest BCUT2D eigenvalue weighted by atomic mass is 9.99. The van der Waals surface area contributed by atoms with Crippen LogP contribution < -0.4 is 10.6 Å². The summed E-state index contributed by atoms with van der Waals surface area (Å²) >= 11 is 7.71. The summed E-state index contributed by atoms with van der Waals surface area (Å²) in [7, 11) is 1.92. The molecular formula is C25H28ClN7OS. The van der Waals surface area contributed by atoms with E-state index in [1.807, 2.05) is 49.7 Å². The average molecular weight is 510 g/mol. The molecule has 1 amide bonds. The van der Waals surface area contributed by atoms with Crippen LogP contribution in [0.4, 0.5) is 0 Å². The molecule has 0 unspecified atom stereocenters. The fourth-order valence-electron chi connectivity index (χ4n) is 4.21. The van der Waals surface area contributed by atoms with E-state index in [0.717, 1.165) is 57.5 Å². The predicted molar refractivity (Wildman–Crippen MR) is 139 cm³/mol. The van der Waals surface area contributed by atoms with Crippen LogP contribution in [0.25, 0.3) is 5.00 Å². The number of aryl methyl sites for hydroxylation is 1. The number of halogens is 1. The van der Waals surface area contributed by atoms with E-state index in [-0.39, 0.29) is 12.3 Å². The first-order valence-corrected chi connectivity index (χ1v) is 12.8. The first-order valence-electron chi connectivity index (χ1n) is 11.6. The molecule has 35 heavy (non-hydrogen) atoms. The third-order valence-electron chi connectivity index (χ3n) is 6.01. The largest absolute Gasteiger partial charge is 0.356 e. The normalized spacial score (nSPS) is 14.5. The molecule has 0 aliphatic carbocycles. The zero-order valence-electron chi connectivity index (χ0n) is 20.1. The Kier molecular flexibility index (Phi) is 7.96. The fourth-order valence-corrected chi connectivity index (χ4v) is 5.63. The smallest absolute Gasteiger partial charge is 0.222 e. The molecule has 3 heterocycles. The summed E-state index contributed by atoms with van der Waals surface area (Å²) in [4.78, 5) is 19.0. The van der Waals surface area contributed by atoms with Crippen LogP contribution in [-0.2, 0) is 11.2 Å². The van der Waals surface area contributed by atoms with Crippen molar-refractivity contribution in [1.29, 1.82) is 5.26 Å². The molecule has 1 aliphatic heterocycles. The number of nitrogens with one attached hydrogen (secondary N) is 2. The molecule has 3 aromatic rings. The molecule has 1 aromatic carbocycles. The van der Waals surface area contributed by atoms with E-state index >= 15 is 0 Å².